The zero-order chi connectivity index (χ0) is 13.8. The van der Waals surface area contributed by atoms with Crippen molar-refractivity contribution in [1.82, 2.24) is 10.2 Å². The number of hydrogen-bond donors (Lipinski definition) is 1. The Hall–Kier alpha value is -0.900. The van der Waals surface area contributed by atoms with Crippen LogP contribution in [0.15, 0.2) is 18.2 Å². The van der Waals surface area contributed by atoms with Gasteiger partial charge in [0.15, 0.2) is 0 Å². The first-order valence-corrected chi connectivity index (χ1v) is 7.93. The van der Waals surface area contributed by atoms with E-state index in [1.165, 1.54) is 42.6 Å². The average Bonchev–Trinajstić information content (AvgIpc) is 2.51. The molecular weight excluding hydrogens is 248 g/mol. The molecule has 20 heavy (non-hydrogen) atoms. The van der Waals surface area contributed by atoms with Crippen LogP contribution in [-0.2, 0) is 11.3 Å². The fraction of sp³-hybridized carbons (Fsp3) is 0.647. The van der Waals surface area contributed by atoms with Crippen LogP contribution in [0.1, 0.15) is 35.4 Å². The molecule has 1 N–H and O–H groups in total. The number of nitrogens with zero attached hydrogens (tertiary/aromatic N) is 1. The van der Waals surface area contributed by atoms with Gasteiger partial charge in [0.2, 0.25) is 0 Å². The van der Waals surface area contributed by atoms with Crippen molar-refractivity contribution in [3.8, 4) is 0 Å². The second kappa shape index (κ2) is 6.70. The molecule has 2 aliphatic rings. The Morgan fingerprint density at radius 3 is 2.65 bits per heavy atom. The van der Waals surface area contributed by atoms with E-state index in [4.69, 9.17) is 4.74 Å². The molecule has 1 aromatic rings. The van der Waals surface area contributed by atoms with Crippen molar-refractivity contribution in [1.29, 1.82) is 0 Å². The predicted molar refractivity (Wildman–Crippen MR) is 82.1 cm³/mol. The van der Waals surface area contributed by atoms with E-state index in [0.29, 0.717) is 0 Å². The van der Waals surface area contributed by atoms with E-state index >= 15 is 0 Å². The minimum atomic E-state index is 0.757. The van der Waals surface area contributed by atoms with E-state index < -0.39 is 0 Å². The van der Waals surface area contributed by atoms with Crippen LogP contribution >= 0.6 is 0 Å². The SMILES string of the molecule is Cc1cc(C2CCNCC2)ccc1CN1CCOCC1. The molecule has 2 heterocycles. The summed E-state index contributed by atoms with van der Waals surface area (Å²) in [6, 6.07) is 7.13. The molecule has 0 bridgehead atoms. The van der Waals surface area contributed by atoms with Crippen molar-refractivity contribution in [3.63, 3.8) is 0 Å². The lowest BCUT2D eigenvalue weighted by atomic mass is 9.88. The monoisotopic (exact) mass is 274 g/mol. The number of hydrogen-bond acceptors (Lipinski definition) is 3. The summed E-state index contributed by atoms with van der Waals surface area (Å²) in [6.07, 6.45) is 2.56. The Balaban J connectivity index is 1.66. The number of rotatable bonds is 3. The maximum atomic E-state index is 5.42. The van der Waals surface area contributed by atoms with Gasteiger partial charge in [-0.1, -0.05) is 18.2 Å². The second-order valence-corrected chi connectivity index (χ2v) is 6.10. The normalized spacial score (nSPS) is 22.1. The van der Waals surface area contributed by atoms with Crippen LogP contribution in [0.25, 0.3) is 0 Å². The molecule has 2 aliphatic heterocycles. The van der Waals surface area contributed by atoms with E-state index in [0.717, 1.165) is 38.8 Å². The van der Waals surface area contributed by atoms with Gasteiger partial charge in [0.25, 0.3) is 0 Å². The van der Waals surface area contributed by atoms with E-state index in [1.54, 1.807) is 0 Å². The van der Waals surface area contributed by atoms with E-state index in [-0.39, 0.29) is 0 Å². The lowest BCUT2D eigenvalue weighted by molar-refractivity contribution is 0.0341. The number of benzene rings is 1. The Morgan fingerprint density at radius 1 is 1.20 bits per heavy atom. The number of morpholine rings is 1. The zero-order valence-corrected chi connectivity index (χ0v) is 12.5. The molecule has 0 radical (unpaired) electrons. The topological polar surface area (TPSA) is 24.5 Å². The molecule has 2 fully saturated rings. The molecule has 3 heteroatoms. The third-order valence-corrected chi connectivity index (χ3v) is 4.67. The van der Waals surface area contributed by atoms with Crippen molar-refractivity contribution in [2.45, 2.75) is 32.2 Å². The van der Waals surface area contributed by atoms with Gasteiger partial charge in [-0.15, -0.1) is 0 Å². The molecular formula is C17H26N2O. The number of nitrogens with one attached hydrogen (secondary N) is 1. The fourth-order valence-corrected chi connectivity index (χ4v) is 3.31. The van der Waals surface area contributed by atoms with Crippen molar-refractivity contribution in [2.24, 2.45) is 0 Å². The summed E-state index contributed by atoms with van der Waals surface area (Å²) in [6.45, 7) is 9.56. The zero-order valence-electron chi connectivity index (χ0n) is 12.5. The molecule has 0 atom stereocenters. The third-order valence-electron chi connectivity index (χ3n) is 4.67. The molecule has 0 saturated carbocycles. The van der Waals surface area contributed by atoms with Crippen molar-refractivity contribution in [2.75, 3.05) is 39.4 Å². The largest absolute Gasteiger partial charge is 0.379 e. The Labute approximate surface area is 122 Å². The van der Waals surface area contributed by atoms with Crippen molar-refractivity contribution >= 4 is 0 Å². The summed E-state index contributed by atoms with van der Waals surface area (Å²) < 4.78 is 5.42. The molecule has 1 aromatic carbocycles. The van der Waals surface area contributed by atoms with Gasteiger partial charge in [-0.2, -0.15) is 0 Å². The van der Waals surface area contributed by atoms with E-state index in [9.17, 15) is 0 Å². The molecule has 3 nitrogen and oxygen atoms in total. The Morgan fingerprint density at radius 2 is 1.95 bits per heavy atom. The highest BCUT2D eigenvalue weighted by atomic mass is 16.5. The first kappa shape index (κ1) is 14.1. The number of piperidine rings is 1. The molecule has 0 amide bonds. The summed E-state index contributed by atoms with van der Waals surface area (Å²) in [5, 5.41) is 3.45. The quantitative estimate of drug-likeness (QED) is 0.915. The van der Waals surface area contributed by atoms with E-state index in [2.05, 4.69) is 35.3 Å². The summed E-state index contributed by atoms with van der Waals surface area (Å²) in [5.41, 5.74) is 4.46. The highest BCUT2D eigenvalue weighted by Gasteiger charge is 2.17. The highest BCUT2D eigenvalue weighted by molar-refractivity contribution is 5.33. The van der Waals surface area contributed by atoms with Gasteiger partial charge in [0, 0.05) is 19.6 Å². The maximum Gasteiger partial charge on any atom is 0.0594 e. The van der Waals surface area contributed by atoms with Crippen LogP contribution in [0.5, 0.6) is 0 Å². The lowest BCUT2D eigenvalue weighted by Gasteiger charge is -2.28. The Kier molecular flexibility index (Phi) is 4.71. The van der Waals surface area contributed by atoms with Crippen LogP contribution in [0.4, 0.5) is 0 Å². The van der Waals surface area contributed by atoms with E-state index in [1.807, 2.05) is 0 Å². The second-order valence-electron chi connectivity index (χ2n) is 6.10. The fourth-order valence-electron chi connectivity index (χ4n) is 3.31. The minimum Gasteiger partial charge on any atom is -0.379 e. The lowest BCUT2D eigenvalue weighted by Crippen LogP contribution is -2.35. The van der Waals surface area contributed by atoms with Crippen LogP contribution < -0.4 is 5.32 Å². The van der Waals surface area contributed by atoms with Gasteiger partial charge in [-0.05, 0) is 55.5 Å². The first-order chi connectivity index (χ1) is 9.83. The van der Waals surface area contributed by atoms with Crippen molar-refractivity contribution < 1.29 is 4.74 Å². The van der Waals surface area contributed by atoms with Crippen LogP contribution in [0, 0.1) is 6.92 Å². The van der Waals surface area contributed by atoms with Crippen LogP contribution in [0.3, 0.4) is 0 Å². The van der Waals surface area contributed by atoms with Gasteiger partial charge >= 0.3 is 0 Å². The molecule has 0 aliphatic carbocycles. The van der Waals surface area contributed by atoms with Gasteiger partial charge < -0.3 is 10.1 Å². The number of ether oxygens (including phenoxy) is 1. The van der Waals surface area contributed by atoms with Crippen LogP contribution in [0.2, 0.25) is 0 Å². The highest BCUT2D eigenvalue weighted by Crippen LogP contribution is 2.27. The average molecular weight is 274 g/mol. The first-order valence-electron chi connectivity index (χ1n) is 7.93. The summed E-state index contributed by atoms with van der Waals surface area (Å²) in [7, 11) is 0. The minimum absolute atomic E-state index is 0.757. The Bertz CT molecular complexity index is 435. The van der Waals surface area contributed by atoms with Gasteiger partial charge in [0.1, 0.15) is 0 Å². The summed E-state index contributed by atoms with van der Waals surface area (Å²) in [5.74, 6) is 0.757. The van der Waals surface area contributed by atoms with Gasteiger partial charge in [-0.25, -0.2) is 0 Å². The molecule has 0 unspecified atom stereocenters. The molecule has 3 rings (SSSR count). The molecule has 2 saturated heterocycles. The molecule has 0 spiro atoms. The van der Waals surface area contributed by atoms with Crippen LogP contribution in [-0.4, -0.2) is 44.3 Å². The van der Waals surface area contributed by atoms with Gasteiger partial charge in [-0.3, -0.25) is 4.90 Å². The van der Waals surface area contributed by atoms with Gasteiger partial charge in [0.05, 0.1) is 13.2 Å². The number of aryl methyl sites for hydroxylation is 1. The summed E-state index contributed by atoms with van der Waals surface area (Å²) >= 11 is 0. The summed E-state index contributed by atoms with van der Waals surface area (Å²) in [4.78, 5) is 2.50. The van der Waals surface area contributed by atoms with Crippen molar-refractivity contribution in [3.05, 3.63) is 34.9 Å². The molecule has 0 aromatic heterocycles. The predicted octanol–water partition coefficient (Wildman–Crippen LogP) is 2.29. The smallest absolute Gasteiger partial charge is 0.0594 e. The third kappa shape index (κ3) is 3.40. The standard InChI is InChI=1S/C17H26N2O/c1-14-12-16(15-4-6-18-7-5-15)2-3-17(14)13-19-8-10-20-11-9-19/h2-3,12,15,18H,4-11,13H2,1H3. The molecule has 110 valence electrons. The maximum absolute atomic E-state index is 5.42.